The van der Waals surface area contributed by atoms with Crippen LogP contribution in [0, 0.1) is 0 Å². The molecule has 0 saturated carbocycles. The van der Waals surface area contributed by atoms with Crippen LogP contribution in [0.5, 0.6) is 5.75 Å². The number of aromatic nitrogens is 1. The maximum absolute atomic E-state index is 12.4. The van der Waals surface area contributed by atoms with Crippen molar-refractivity contribution >= 4 is 17.0 Å². The van der Waals surface area contributed by atoms with Gasteiger partial charge in [0.2, 0.25) is 11.8 Å². The van der Waals surface area contributed by atoms with Crippen LogP contribution in [0.15, 0.2) is 52.9 Å². The first-order valence-corrected chi connectivity index (χ1v) is 9.30. The number of oxazole rings is 1. The Kier molecular flexibility index (Phi) is 5.07. The van der Waals surface area contributed by atoms with E-state index in [9.17, 15) is 9.90 Å². The zero-order valence-electron chi connectivity index (χ0n) is 15.1. The van der Waals surface area contributed by atoms with Crippen molar-refractivity contribution in [1.82, 2.24) is 15.2 Å². The summed E-state index contributed by atoms with van der Waals surface area (Å²) in [4.78, 5) is 19.1. The van der Waals surface area contributed by atoms with Crippen LogP contribution in [-0.2, 0) is 17.8 Å². The van der Waals surface area contributed by atoms with Gasteiger partial charge in [-0.3, -0.25) is 9.69 Å². The van der Waals surface area contributed by atoms with E-state index in [0.29, 0.717) is 11.5 Å². The van der Waals surface area contributed by atoms with Crippen molar-refractivity contribution < 1.29 is 14.3 Å². The quantitative estimate of drug-likeness (QED) is 0.727. The normalized spacial score (nSPS) is 17.9. The van der Waals surface area contributed by atoms with Gasteiger partial charge in [-0.2, -0.15) is 0 Å². The number of nitrogens with zero attached hydrogens (tertiary/aromatic N) is 2. The standard InChI is InChI=1S/C21H23N3O3/c25-17-7-3-5-15(11-17)13-24-10-4-6-16(14-24)22-20(26)12-21-23-18-8-1-2-9-19(18)27-21/h1-3,5,7-9,11,16,25H,4,6,10,12-14H2,(H,22,26). The van der Waals surface area contributed by atoms with E-state index in [4.69, 9.17) is 4.42 Å². The molecule has 1 fully saturated rings. The van der Waals surface area contributed by atoms with E-state index < -0.39 is 0 Å². The number of likely N-dealkylation sites (tertiary alicyclic amines) is 1. The van der Waals surface area contributed by atoms with E-state index in [1.165, 1.54) is 0 Å². The summed E-state index contributed by atoms with van der Waals surface area (Å²) in [5, 5.41) is 12.7. The zero-order valence-corrected chi connectivity index (χ0v) is 15.1. The first-order chi connectivity index (χ1) is 13.2. The van der Waals surface area contributed by atoms with Gasteiger partial charge in [-0.15, -0.1) is 0 Å². The Morgan fingerprint density at radius 2 is 2.15 bits per heavy atom. The van der Waals surface area contributed by atoms with Crippen molar-refractivity contribution in [2.24, 2.45) is 0 Å². The predicted molar refractivity (Wildman–Crippen MR) is 102 cm³/mol. The summed E-state index contributed by atoms with van der Waals surface area (Å²) in [7, 11) is 0. The average Bonchev–Trinajstić information content (AvgIpc) is 3.04. The van der Waals surface area contributed by atoms with Crippen LogP contribution in [0.1, 0.15) is 24.3 Å². The van der Waals surface area contributed by atoms with Gasteiger partial charge in [0.05, 0.1) is 0 Å². The largest absolute Gasteiger partial charge is 0.508 e. The molecule has 1 aliphatic rings. The topological polar surface area (TPSA) is 78.6 Å². The number of phenolic OH excluding ortho intramolecular Hbond substituents is 1. The number of carbonyl (C=O) groups is 1. The highest BCUT2D eigenvalue weighted by Crippen LogP contribution is 2.18. The molecule has 0 spiro atoms. The second kappa shape index (κ2) is 7.80. The minimum atomic E-state index is -0.0641. The van der Waals surface area contributed by atoms with Gasteiger partial charge in [0.15, 0.2) is 5.58 Å². The number of aromatic hydroxyl groups is 1. The number of piperidine rings is 1. The Bertz CT molecular complexity index is 904. The molecule has 2 heterocycles. The van der Waals surface area contributed by atoms with Gasteiger partial charge in [0.1, 0.15) is 17.7 Å². The molecule has 2 aromatic carbocycles. The number of fused-ring (bicyclic) bond motifs is 1. The van der Waals surface area contributed by atoms with Gasteiger partial charge in [0, 0.05) is 19.1 Å². The van der Waals surface area contributed by atoms with E-state index >= 15 is 0 Å². The van der Waals surface area contributed by atoms with Crippen molar-refractivity contribution in [3.63, 3.8) is 0 Å². The second-order valence-corrected chi connectivity index (χ2v) is 7.06. The molecule has 6 heteroatoms. The van der Waals surface area contributed by atoms with E-state index in [2.05, 4.69) is 15.2 Å². The molecule has 0 radical (unpaired) electrons. The lowest BCUT2D eigenvalue weighted by Crippen LogP contribution is -2.47. The Morgan fingerprint density at radius 1 is 1.26 bits per heavy atom. The highest BCUT2D eigenvalue weighted by molar-refractivity contribution is 5.79. The number of benzene rings is 2. The molecular weight excluding hydrogens is 342 g/mol. The van der Waals surface area contributed by atoms with Crippen LogP contribution in [0.4, 0.5) is 0 Å². The van der Waals surface area contributed by atoms with Crippen molar-refractivity contribution in [1.29, 1.82) is 0 Å². The summed E-state index contributed by atoms with van der Waals surface area (Å²) < 4.78 is 5.63. The summed E-state index contributed by atoms with van der Waals surface area (Å²) in [5.74, 6) is 0.666. The molecule has 1 unspecified atom stereocenters. The SMILES string of the molecule is O=C(Cc1nc2ccccc2o1)NC1CCCN(Cc2cccc(O)c2)C1. The predicted octanol–water partition coefficient (Wildman–Crippen LogP) is 2.86. The molecule has 6 nitrogen and oxygen atoms in total. The lowest BCUT2D eigenvalue weighted by Gasteiger charge is -2.33. The number of hydrogen-bond acceptors (Lipinski definition) is 5. The molecule has 4 rings (SSSR count). The highest BCUT2D eigenvalue weighted by atomic mass is 16.3. The molecule has 0 aliphatic carbocycles. The fraction of sp³-hybridized carbons (Fsp3) is 0.333. The van der Waals surface area contributed by atoms with Gasteiger partial charge < -0.3 is 14.8 Å². The molecule has 1 amide bonds. The third-order valence-corrected chi connectivity index (χ3v) is 4.84. The van der Waals surface area contributed by atoms with Gasteiger partial charge in [-0.05, 0) is 49.2 Å². The van der Waals surface area contributed by atoms with Crippen LogP contribution in [0.2, 0.25) is 0 Å². The van der Waals surface area contributed by atoms with E-state index in [1.54, 1.807) is 12.1 Å². The maximum Gasteiger partial charge on any atom is 0.229 e. The number of amides is 1. The Hall–Kier alpha value is -2.86. The molecule has 3 aromatic rings. The summed E-state index contributed by atoms with van der Waals surface area (Å²) in [6.07, 6.45) is 2.15. The van der Waals surface area contributed by atoms with Crippen molar-refractivity contribution in [2.45, 2.75) is 31.8 Å². The van der Waals surface area contributed by atoms with Gasteiger partial charge >= 0.3 is 0 Å². The number of para-hydroxylation sites is 2. The molecule has 1 atom stereocenters. The molecule has 2 N–H and O–H groups in total. The molecular formula is C21H23N3O3. The Morgan fingerprint density at radius 3 is 3.00 bits per heavy atom. The smallest absolute Gasteiger partial charge is 0.229 e. The lowest BCUT2D eigenvalue weighted by atomic mass is 10.0. The molecule has 27 heavy (non-hydrogen) atoms. The van der Waals surface area contributed by atoms with Crippen LogP contribution in [-0.4, -0.2) is 40.0 Å². The minimum absolute atomic E-state index is 0.0641. The molecule has 140 valence electrons. The second-order valence-electron chi connectivity index (χ2n) is 7.06. The van der Waals surface area contributed by atoms with E-state index in [0.717, 1.165) is 43.6 Å². The van der Waals surface area contributed by atoms with E-state index in [-0.39, 0.29) is 24.1 Å². The van der Waals surface area contributed by atoms with Crippen molar-refractivity contribution in [3.05, 3.63) is 60.0 Å². The first kappa shape index (κ1) is 17.5. The highest BCUT2D eigenvalue weighted by Gasteiger charge is 2.22. The minimum Gasteiger partial charge on any atom is -0.508 e. The van der Waals surface area contributed by atoms with E-state index in [1.807, 2.05) is 36.4 Å². The van der Waals surface area contributed by atoms with Crippen LogP contribution >= 0.6 is 0 Å². The molecule has 1 saturated heterocycles. The van der Waals surface area contributed by atoms with Crippen LogP contribution < -0.4 is 5.32 Å². The zero-order chi connectivity index (χ0) is 18.6. The molecule has 1 aromatic heterocycles. The number of nitrogens with one attached hydrogen (secondary N) is 1. The van der Waals surface area contributed by atoms with Gasteiger partial charge in [-0.25, -0.2) is 4.98 Å². The summed E-state index contributed by atoms with van der Waals surface area (Å²) in [6, 6.07) is 15.0. The molecule has 1 aliphatic heterocycles. The monoisotopic (exact) mass is 365 g/mol. The van der Waals surface area contributed by atoms with Crippen molar-refractivity contribution in [2.75, 3.05) is 13.1 Å². The average molecular weight is 365 g/mol. The molecule has 0 bridgehead atoms. The number of carbonyl (C=O) groups excluding carboxylic acids is 1. The summed E-state index contributed by atoms with van der Waals surface area (Å²) >= 11 is 0. The first-order valence-electron chi connectivity index (χ1n) is 9.30. The van der Waals surface area contributed by atoms with Crippen molar-refractivity contribution in [3.8, 4) is 5.75 Å². The fourth-order valence-electron chi connectivity index (χ4n) is 3.64. The van der Waals surface area contributed by atoms with Crippen LogP contribution in [0.25, 0.3) is 11.1 Å². The summed E-state index contributed by atoms with van der Waals surface area (Å²) in [6.45, 7) is 2.56. The third kappa shape index (κ3) is 4.46. The lowest BCUT2D eigenvalue weighted by molar-refractivity contribution is -0.121. The Balaban J connectivity index is 1.32. The number of hydrogen-bond donors (Lipinski definition) is 2. The third-order valence-electron chi connectivity index (χ3n) is 4.84. The summed E-state index contributed by atoms with van der Waals surface area (Å²) in [5.41, 5.74) is 2.55. The maximum atomic E-state index is 12.4. The van der Waals surface area contributed by atoms with Gasteiger partial charge in [-0.1, -0.05) is 24.3 Å². The number of phenols is 1. The fourth-order valence-corrected chi connectivity index (χ4v) is 3.64. The van der Waals surface area contributed by atoms with Gasteiger partial charge in [0.25, 0.3) is 0 Å². The number of rotatable bonds is 5. The van der Waals surface area contributed by atoms with Crippen LogP contribution in [0.3, 0.4) is 0 Å². The Labute approximate surface area is 157 Å².